The number of amides is 1. The molecule has 0 aromatic heterocycles. The zero-order valence-electron chi connectivity index (χ0n) is 14.2. The molecule has 1 aromatic rings. The minimum absolute atomic E-state index is 0.152. The maximum atomic E-state index is 12.8. The van der Waals surface area contributed by atoms with Crippen molar-refractivity contribution < 1.29 is 13.2 Å². The number of nitrogens with two attached hydrogens (primary N) is 1. The van der Waals surface area contributed by atoms with E-state index in [1.54, 1.807) is 31.7 Å². The SMILES string of the molecule is Cc1ccc(C)c(S(=O)(=O)N2CCN(C(=O)C(C)(C)N)CC2)c1. The van der Waals surface area contributed by atoms with Crippen molar-refractivity contribution in [1.29, 1.82) is 0 Å². The van der Waals surface area contributed by atoms with Gasteiger partial charge in [0.15, 0.2) is 0 Å². The van der Waals surface area contributed by atoms with Crippen LogP contribution in [0.15, 0.2) is 23.1 Å². The van der Waals surface area contributed by atoms with Crippen molar-refractivity contribution in [3.63, 3.8) is 0 Å². The second-order valence-electron chi connectivity index (χ2n) is 6.69. The Morgan fingerprint density at radius 2 is 1.70 bits per heavy atom. The van der Waals surface area contributed by atoms with Crippen LogP contribution in [0.5, 0.6) is 0 Å². The van der Waals surface area contributed by atoms with Gasteiger partial charge in [0, 0.05) is 26.2 Å². The van der Waals surface area contributed by atoms with Crippen molar-refractivity contribution in [2.75, 3.05) is 26.2 Å². The first-order valence-corrected chi connectivity index (χ1v) is 9.13. The Kier molecular flexibility index (Phi) is 4.84. The van der Waals surface area contributed by atoms with E-state index in [-0.39, 0.29) is 19.0 Å². The van der Waals surface area contributed by atoms with Crippen LogP contribution in [0.25, 0.3) is 0 Å². The molecule has 2 N–H and O–H groups in total. The van der Waals surface area contributed by atoms with E-state index in [1.807, 2.05) is 19.1 Å². The minimum Gasteiger partial charge on any atom is -0.338 e. The number of carbonyl (C=O) groups excluding carboxylic acids is 1. The largest absolute Gasteiger partial charge is 0.338 e. The summed E-state index contributed by atoms with van der Waals surface area (Å²) in [4.78, 5) is 14.2. The fourth-order valence-electron chi connectivity index (χ4n) is 2.66. The van der Waals surface area contributed by atoms with E-state index in [1.165, 1.54) is 4.31 Å². The summed E-state index contributed by atoms with van der Waals surface area (Å²) in [7, 11) is -3.54. The molecule has 0 saturated carbocycles. The summed E-state index contributed by atoms with van der Waals surface area (Å²) in [5.74, 6) is -0.152. The average Bonchev–Trinajstić information content (AvgIpc) is 2.48. The van der Waals surface area contributed by atoms with Gasteiger partial charge in [0.25, 0.3) is 0 Å². The molecule has 23 heavy (non-hydrogen) atoms. The molecule has 0 aliphatic carbocycles. The molecule has 0 unspecified atom stereocenters. The Morgan fingerprint density at radius 3 is 2.22 bits per heavy atom. The van der Waals surface area contributed by atoms with E-state index in [4.69, 9.17) is 5.73 Å². The molecular weight excluding hydrogens is 314 g/mol. The van der Waals surface area contributed by atoms with Crippen LogP contribution in [-0.2, 0) is 14.8 Å². The molecule has 6 nitrogen and oxygen atoms in total. The van der Waals surface area contributed by atoms with Gasteiger partial charge in [0.05, 0.1) is 10.4 Å². The lowest BCUT2D eigenvalue weighted by Crippen LogP contribution is -2.57. The lowest BCUT2D eigenvalue weighted by Gasteiger charge is -2.37. The van der Waals surface area contributed by atoms with Crippen molar-refractivity contribution in [3.8, 4) is 0 Å². The first kappa shape index (κ1) is 17.9. The number of benzene rings is 1. The van der Waals surface area contributed by atoms with Gasteiger partial charge in [-0.3, -0.25) is 4.79 Å². The normalized spacial score (nSPS) is 17.3. The Bertz CT molecular complexity index is 700. The van der Waals surface area contributed by atoms with Gasteiger partial charge in [-0.05, 0) is 44.9 Å². The molecule has 1 amide bonds. The Morgan fingerprint density at radius 1 is 1.13 bits per heavy atom. The highest BCUT2D eigenvalue weighted by molar-refractivity contribution is 7.89. The van der Waals surface area contributed by atoms with Gasteiger partial charge in [-0.15, -0.1) is 0 Å². The highest BCUT2D eigenvalue weighted by Gasteiger charge is 2.34. The Hall–Kier alpha value is -1.44. The first-order chi connectivity index (χ1) is 10.5. The number of hydrogen-bond acceptors (Lipinski definition) is 4. The highest BCUT2D eigenvalue weighted by atomic mass is 32.2. The van der Waals surface area contributed by atoms with Crippen LogP contribution >= 0.6 is 0 Å². The predicted octanol–water partition coefficient (Wildman–Crippen LogP) is 0.874. The number of aryl methyl sites for hydroxylation is 2. The van der Waals surface area contributed by atoms with E-state index in [2.05, 4.69) is 0 Å². The molecule has 2 rings (SSSR count). The van der Waals surface area contributed by atoms with Crippen LogP contribution in [0.1, 0.15) is 25.0 Å². The molecule has 1 aliphatic heterocycles. The van der Waals surface area contributed by atoms with Crippen LogP contribution in [0.4, 0.5) is 0 Å². The summed E-state index contributed by atoms with van der Waals surface area (Å²) in [5.41, 5.74) is 6.54. The molecule has 128 valence electrons. The van der Waals surface area contributed by atoms with Crippen molar-refractivity contribution in [3.05, 3.63) is 29.3 Å². The number of piperazine rings is 1. The summed E-state index contributed by atoms with van der Waals surface area (Å²) in [6.45, 7) is 8.30. The van der Waals surface area contributed by atoms with E-state index < -0.39 is 15.6 Å². The van der Waals surface area contributed by atoms with Crippen LogP contribution in [0.2, 0.25) is 0 Å². The minimum atomic E-state index is -3.54. The maximum absolute atomic E-state index is 12.8. The van der Waals surface area contributed by atoms with Crippen molar-refractivity contribution in [2.45, 2.75) is 38.1 Å². The number of hydrogen-bond donors (Lipinski definition) is 1. The van der Waals surface area contributed by atoms with Crippen LogP contribution in [0.3, 0.4) is 0 Å². The number of carbonyl (C=O) groups is 1. The third kappa shape index (κ3) is 3.73. The summed E-state index contributed by atoms with van der Waals surface area (Å²) >= 11 is 0. The molecule has 0 spiro atoms. The topological polar surface area (TPSA) is 83.7 Å². The van der Waals surface area contributed by atoms with Gasteiger partial charge >= 0.3 is 0 Å². The van der Waals surface area contributed by atoms with E-state index in [9.17, 15) is 13.2 Å². The van der Waals surface area contributed by atoms with E-state index in [0.717, 1.165) is 11.1 Å². The molecule has 1 saturated heterocycles. The summed E-state index contributed by atoms with van der Waals surface area (Å²) in [6, 6.07) is 5.42. The third-order valence-electron chi connectivity index (χ3n) is 4.04. The lowest BCUT2D eigenvalue weighted by molar-refractivity contribution is -0.137. The van der Waals surface area contributed by atoms with Crippen LogP contribution < -0.4 is 5.73 Å². The molecule has 1 aliphatic rings. The number of nitrogens with zero attached hydrogens (tertiary/aromatic N) is 2. The molecule has 1 fully saturated rings. The second-order valence-corrected chi connectivity index (χ2v) is 8.59. The molecule has 0 radical (unpaired) electrons. The van der Waals surface area contributed by atoms with Gasteiger partial charge in [-0.2, -0.15) is 4.31 Å². The molecule has 7 heteroatoms. The zero-order chi connectivity index (χ0) is 17.4. The van der Waals surface area contributed by atoms with Gasteiger partial charge in [0.2, 0.25) is 15.9 Å². The van der Waals surface area contributed by atoms with Gasteiger partial charge < -0.3 is 10.6 Å². The van der Waals surface area contributed by atoms with Crippen LogP contribution in [0, 0.1) is 13.8 Å². The predicted molar refractivity (Wildman–Crippen MR) is 89.5 cm³/mol. The molecular formula is C16H25N3O3S. The fraction of sp³-hybridized carbons (Fsp3) is 0.562. The first-order valence-electron chi connectivity index (χ1n) is 7.69. The van der Waals surface area contributed by atoms with Crippen molar-refractivity contribution in [1.82, 2.24) is 9.21 Å². The summed E-state index contributed by atoms with van der Waals surface area (Å²) in [6.07, 6.45) is 0. The standard InChI is InChI=1S/C16H25N3O3S/c1-12-5-6-13(2)14(11-12)23(21,22)19-9-7-18(8-10-19)15(20)16(3,4)17/h5-6,11H,7-10,17H2,1-4H3. The van der Waals surface area contributed by atoms with Crippen molar-refractivity contribution in [2.24, 2.45) is 5.73 Å². The van der Waals surface area contributed by atoms with Crippen molar-refractivity contribution >= 4 is 15.9 Å². The molecule has 0 bridgehead atoms. The van der Waals surface area contributed by atoms with Crippen LogP contribution in [-0.4, -0.2) is 55.2 Å². The zero-order valence-corrected chi connectivity index (χ0v) is 15.0. The summed E-state index contributed by atoms with van der Waals surface area (Å²) in [5, 5.41) is 0. The quantitative estimate of drug-likeness (QED) is 0.886. The number of rotatable bonds is 3. The third-order valence-corrected chi connectivity index (χ3v) is 6.08. The molecule has 1 aromatic carbocycles. The molecule has 0 atom stereocenters. The number of sulfonamides is 1. The monoisotopic (exact) mass is 339 g/mol. The maximum Gasteiger partial charge on any atom is 0.243 e. The van der Waals surface area contributed by atoms with Gasteiger partial charge in [0.1, 0.15) is 0 Å². The van der Waals surface area contributed by atoms with E-state index in [0.29, 0.717) is 18.0 Å². The lowest BCUT2D eigenvalue weighted by atomic mass is 10.1. The summed E-state index contributed by atoms with van der Waals surface area (Å²) < 4.78 is 27.1. The van der Waals surface area contributed by atoms with Gasteiger partial charge in [-0.1, -0.05) is 12.1 Å². The molecule has 1 heterocycles. The fourth-order valence-corrected chi connectivity index (χ4v) is 4.40. The smallest absolute Gasteiger partial charge is 0.243 e. The second kappa shape index (κ2) is 6.22. The van der Waals surface area contributed by atoms with E-state index >= 15 is 0 Å². The van der Waals surface area contributed by atoms with Gasteiger partial charge in [-0.25, -0.2) is 8.42 Å². The Labute approximate surface area is 138 Å². The Balaban J connectivity index is 2.16. The highest BCUT2D eigenvalue weighted by Crippen LogP contribution is 2.22. The average molecular weight is 339 g/mol.